The zero-order valence-electron chi connectivity index (χ0n) is 14.1. The lowest BCUT2D eigenvalue weighted by Crippen LogP contribution is -2.45. The van der Waals surface area contributed by atoms with E-state index in [2.05, 4.69) is 9.88 Å². The summed E-state index contributed by atoms with van der Waals surface area (Å²) in [7, 11) is 0. The van der Waals surface area contributed by atoms with E-state index in [9.17, 15) is 9.59 Å². The van der Waals surface area contributed by atoms with E-state index in [0.29, 0.717) is 12.0 Å². The molecule has 4 atom stereocenters. The van der Waals surface area contributed by atoms with Crippen LogP contribution in [0.5, 0.6) is 0 Å². The molecule has 0 N–H and O–H groups in total. The first kappa shape index (κ1) is 16.7. The molecule has 2 aliphatic rings. The van der Waals surface area contributed by atoms with Gasteiger partial charge in [-0.1, -0.05) is 0 Å². The van der Waals surface area contributed by atoms with Gasteiger partial charge in [0, 0.05) is 25.7 Å². The molecule has 7 heteroatoms. The van der Waals surface area contributed by atoms with Crippen LogP contribution >= 0.6 is 0 Å². The number of ether oxygens (including phenoxy) is 3. The largest absolute Gasteiger partial charge is 0.460 e. The Bertz CT molecular complexity index is 608. The molecule has 0 bridgehead atoms. The Morgan fingerprint density at radius 1 is 1.21 bits per heavy atom. The molecule has 0 spiro atoms. The minimum atomic E-state index is -0.826. The van der Waals surface area contributed by atoms with Crippen LogP contribution in [0.3, 0.4) is 0 Å². The monoisotopic (exact) mass is 334 g/mol. The highest BCUT2D eigenvalue weighted by Crippen LogP contribution is 2.21. The Labute approximate surface area is 140 Å². The summed E-state index contributed by atoms with van der Waals surface area (Å²) in [6.07, 6.45) is 1.09. The molecule has 1 aromatic rings. The van der Waals surface area contributed by atoms with E-state index < -0.39 is 18.0 Å². The van der Waals surface area contributed by atoms with Crippen molar-refractivity contribution in [1.82, 2.24) is 4.98 Å². The van der Waals surface area contributed by atoms with E-state index in [1.807, 2.05) is 13.8 Å². The van der Waals surface area contributed by atoms with Gasteiger partial charge in [-0.2, -0.15) is 0 Å². The van der Waals surface area contributed by atoms with E-state index in [-0.39, 0.29) is 18.3 Å². The lowest BCUT2D eigenvalue weighted by atomic mass is 10.2. The first-order chi connectivity index (χ1) is 11.4. The van der Waals surface area contributed by atoms with Crippen molar-refractivity contribution < 1.29 is 23.8 Å². The van der Waals surface area contributed by atoms with Gasteiger partial charge >= 0.3 is 11.9 Å². The smallest absolute Gasteiger partial charge is 0.347 e. The van der Waals surface area contributed by atoms with Crippen LogP contribution in [0.2, 0.25) is 0 Å². The summed E-state index contributed by atoms with van der Waals surface area (Å²) in [5.74, 6) is -0.256. The molecule has 3 rings (SSSR count). The summed E-state index contributed by atoms with van der Waals surface area (Å²) in [4.78, 5) is 30.2. The van der Waals surface area contributed by atoms with Gasteiger partial charge in [-0.15, -0.1) is 0 Å². The van der Waals surface area contributed by atoms with Crippen LogP contribution in [-0.4, -0.2) is 54.4 Å². The highest BCUT2D eigenvalue weighted by Gasteiger charge is 2.35. The van der Waals surface area contributed by atoms with Gasteiger partial charge in [-0.25, -0.2) is 14.6 Å². The van der Waals surface area contributed by atoms with Crippen LogP contribution in [0, 0.1) is 0 Å². The second kappa shape index (κ2) is 6.76. The number of carbonyl (C=O) groups excluding carboxylic acids is 2. The summed E-state index contributed by atoms with van der Waals surface area (Å²) in [6.45, 7) is 7.33. The number of rotatable bonds is 3. The SMILES string of the molecule is C[C@@H]1C[C@H](OC(=O)c2ccc(N3C[C@H](C)O[C@@H](C)C3)nc2)C(=O)O1. The lowest BCUT2D eigenvalue weighted by Gasteiger charge is -2.36. The molecule has 0 aromatic carbocycles. The maximum atomic E-state index is 12.1. The van der Waals surface area contributed by atoms with Gasteiger partial charge in [0.25, 0.3) is 0 Å². The molecule has 24 heavy (non-hydrogen) atoms. The minimum absolute atomic E-state index is 0.135. The number of hydrogen-bond acceptors (Lipinski definition) is 7. The molecule has 0 amide bonds. The molecule has 2 saturated heterocycles. The fourth-order valence-electron chi connectivity index (χ4n) is 3.07. The number of aromatic nitrogens is 1. The maximum Gasteiger partial charge on any atom is 0.347 e. The van der Waals surface area contributed by atoms with E-state index in [1.54, 1.807) is 19.1 Å². The van der Waals surface area contributed by atoms with Crippen molar-refractivity contribution in [3.8, 4) is 0 Å². The van der Waals surface area contributed by atoms with Crippen molar-refractivity contribution >= 4 is 17.8 Å². The van der Waals surface area contributed by atoms with Crippen LogP contribution < -0.4 is 4.90 Å². The van der Waals surface area contributed by atoms with Gasteiger partial charge in [-0.3, -0.25) is 0 Å². The number of cyclic esters (lactones) is 1. The third kappa shape index (κ3) is 3.67. The fraction of sp³-hybridized carbons (Fsp3) is 0.588. The second-order valence-corrected chi connectivity index (χ2v) is 6.44. The van der Waals surface area contributed by atoms with Gasteiger partial charge in [0.15, 0.2) is 0 Å². The standard InChI is InChI=1S/C17H22N2O5/c1-10-6-14(17(21)23-10)24-16(20)13-4-5-15(18-7-13)19-8-11(2)22-12(3)9-19/h4-5,7,10-12,14H,6,8-9H2,1-3H3/t10-,11+,12+,14+/m1/s1. The lowest BCUT2D eigenvalue weighted by molar-refractivity contribution is -0.147. The van der Waals surface area contributed by atoms with Gasteiger partial charge < -0.3 is 19.1 Å². The summed E-state index contributed by atoms with van der Waals surface area (Å²) < 4.78 is 15.9. The number of morpholine rings is 1. The quantitative estimate of drug-likeness (QED) is 0.776. The second-order valence-electron chi connectivity index (χ2n) is 6.44. The number of pyridine rings is 1. The molecular weight excluding hydrogens is 312 g/mol. The Morgan fingerprint density at radius 2 is 1.92 bits per heavy atom. The minimum Gasteiger partial charge on any atom is -0.460 e. The molecule has 2 aliphatic heterocycles. The Balaban J connectivity index is 1.63. The third-order valence-corrected chi connectivity index (χ3v) is 4.10. The van der Waals surface area contributed by atoms with Crippen molar-refractivity contribution in [3.05, 3.63) is 23.9 Å². The predicted molar refractivity (Wildman–Crippen MR) is 85.8 cm³/mol. The maximum absolute atomic E-state index is 12.1. The molecule has 0 saturated carbocycles. The molecule has 1 aromatic heterocycles. The van der Waals surface area contributed by atoms with Crippen LogP contribution in [-0.2, 0) is 19.0 Å². The molecule has 3 heterocycles. The van der Waals surface area contributed by atoms with E-state index in [4.69, 9.17) is 14.2 Å². The van der Waals surface area contributed by atoms with Crippen molar-refractivity contribution in [3.63, 3.8) is 0 Å². The van der Waals surface area contributed by atoms with Crippen molar-refractivity contribution in [2.24, 2.45) is 0 Å². The summed E-state index contributed by atoms with van der Waals surface area (Å²) in [5, 5.41) is 0. The first-order valence-corrected chi connectivity index (χ1v) is 8.20. The Morgan fingerprint density at radius 3 is 2.46 bits per heavy atom. The normalized spacial score (nSPS) is 30.1. The van der Waals surface area contributed by atoms with E-state index >= 15 is 0 Å². The summed E-state index contributed by atoms with van der Waals surface area (Å²) in [6, 6.07) is 3.45. The zero-order chi connectivity index (χ0) is 17.3. The van der Waals surface area contributed by atoms with Crippen molar-refractivity contribution in [2.45, 2.75) is 51.6 Å². The van der Waals surface area contributed by atoms with Gasteiger partial charge in [-0.05, 0) is 32.9 Å². The van der Waals surface area contributed by atoms with Crippen LogP contribution in [0.1, 0.15) is 37.6 Å². The predicted octanol–water partition coefficient (Wildman–Crippen LogP) is 1.56. The van der Waals surface area contributed by atoms with Crippen LogP contribution in [0.4, 0.5) is 5.82 Å². The molecular formula is C17H22N2O5. The molecule has 130 valence electrons. The molecule has 2 fully saturated rings. The topological polar surface area (TPSA) is 78.0 Å². The summed E-state index contributed by atoms with van der Waals surface area (Å²) >= 11 is 0. The van der Waals surface area contributed by atoms with E-state index in [1.165, 1.54) is 6.20 Å². The van der Waals surface area contributed by atoms with Gasteiger partial charge in [0.05, 0.1) is 17.8 Å². The molecule has 0 aliphatic carbocycles. The summed E-state index contributed by atoms with van der Waals surface area (Å²) in [5.41, 5.74) is 0.320. The number of hydrogen-bond donors (Lipinski definition) is 0. The highest BCUT2D eigenvalue weighted by atomic mass is 16.6. The van der Waals surface area contributed by atoms with Crippen molar-refractivity contribution in [2.75, 3.05) is 18.0 Å². The van der Waals surface area contributed by atoms with Crippen molar-refractivity contribution in [1.29, 1.82) is 0 Å². The fourth-order valence-corrected chi connectivity index (χ4v) is 3.07. The Hall–Kier alpha value is -2.15. The third-order valence-electron chi connectivity index (χ3n) is 4.10. The average Bonchev–Trinajstić information content (AvgIpc) is 2.84. The number of anilines is 1. The zero-order valence-corrected chi connectivity index (χ0v) is 14.1. The van der Waals surface area contributed by atoms with Gasteiger partial charge in [0.1, 0.15) is 11.9 Å². The molecule has 0 radical (unpaired) electrons. The first-order valence-electron chi connectivity index (χ1n) is 8.20. The number of esters is 2. The number of nitrogens with zero attached hydrogens (tertiary/aromatic N) is 2. The highest BCUT2D eigenvalue weighted by molar-refractivity contribution is 5.91. The van der Waals surface area contributed by atoms with E-state index in [0.717, 1.165) is 18.9 Å². The average molecular weight is 334 g/mol. The van der Waals surface area contributed by atoms with Crippen LogP contribution in [0.15, 0.2) is 18.3 Å². The Kier molecular flexibility index (Phi) is 4.71. The van der Waals surface area contributed by atoms with Gasteiger partial charge in [0.2, 0.25) is 6.10 Å². The van der Waals surface area contributed by atoms with Crippen LogP contribution in [0.25, 0.3) is 0 Å². The number of carbonyl (C=O) groups is 2. The molecule has 0 unspecified atom stereocenters. The molecule has 7 nitrogen and oxygen atoms in total.